The molecule has 0 aromatic heterocycles. The van der Waals surface area contributed by atoms with Gasteiger partial charge in [-0.25, -0.2) is 0 Å². The second kappa shape index (κ2) is 13.1. The largest absolute Gasteiger partial charge is 0.398 e. The van der Waals surface area contributed by atoms with E-state index in [2.05, 4.69) is 81.2 Å². The van der Waals surface area contributed by atoms with Crippen LogP contribution in [0.2, 0.25) is 0 Å². The van der Waals surface area contributed by atoms with Gasteiger partial charge in [-0.05, 0) is 72.5 Å². The predicted octanol–water partition coefficient (Wildman–Crippen LogP) is 11.4. The van der Waals surface area contributed by atoms with Crippen molar-refractivity contribution in [3.63, 3.8) is 0 Å². The van der Waals surface area contributed by atoms with Crippen LogP contribution in [-0.2, 0) is 13.0 Å². The lowest BCUT2D eigenvalue weighted by Crippen LogP contribution is -2.00. The molecule has 0 aliphatic heterocycles. The maximum Gasteiger partial charge on any atom is 0.0936 e. The highest BCUT2D eigenvalue weighted by atomic mass is 15.1. The number of nitrogens with two attached hydrogens (primary N) is 1. The molecule has 3 N–H and O–H groups in total. The van der Waals surface area contributed by atoms with E-state index in [1.54, 1.807) is 0 Å². The number of azo groups is 2. The number of aryl methyl sites for hydroxylation is 1. The van der Waals surface area contributed by atoms with Gasteiger partial charge < -0.3 is 11.1 Å². The van der Waals surface area contributed by atoms with E-state index < -0.39 is 0 Å². The second-order valence-electron chi connectivity index (χ2n) is 10.6. The summed E-state index contributed by atoms with van der Waals surface area (Å²) in [6, 6.07) is 40.6. The summed E-state index contributed by atoms with van der Waals surface area (Å²) in [7, 11) is 0. The minimum atomic E-state index is 0.728. The Hall–Kier alpha value is -5.36. The summed E-state index contributed by atoms with van der Waals surface area (Å²) in [4.78, 5) is 0. The fourth-order valence-electron chi connectivity index (χ4n) is 5.13. The van der Waals surface area contributed by atoms with Gasteiger partial charge in [0.2, 0.25) is 0 Å². The van der Waals surface area contributed by atoms with Crippen LogP contribution in [0.4, 0.5) is 34.1 Å². The van der Waals surface area contributed by atoms with Crippen molar-refractivity contribution in [2.45, 2.75) is 32.7 Å². The fraction of sp³-hybridized carbons (Fsp3) is 0.135. The molecule has 0 spiro atoms. The molecule has 0 radical (unpaired) electrons. The molecule has 0 aliphatic rings. The summed E-state index contributed by atoms with van der Waals surface area (Å²) in [5.74, 6) is 0. The number of nitrogens with zero attached hydrogens (tertiary/aromatic N) is 4. The van der Waals surface area contributed by atoms with Crippen molar-refractivity contribution >= 4 is 55.7 Å². The zero-order valence-corrected chi connectivity index (χ0v) is 24.2. The lowest BCUT2D eigenvalue weighted by atomic mass is 10.1. The SMILES string of the molecule is CCCCc1ccc(CNc2ccc(N=Nc3ccc(N=Nc4ccc(N)c5ccccc45)cc3)c3ccccc23)cc1. The van der Waals surface area contributed by atoms with Gasteiger partial charge in [0.05, 0.1) is 22.7 Å². The quantitative estimate of drug-likeness (QED) is 0.128. The number of hydrogen-bond donors (Lipinski definition) is 2. The third kappa shape index (κ3) is 6.60. The van der Waals surface area contributed by atoms with Crippen molar-refractivity contribution in [3.8, 4) is 0 Å². The lowest BCUT2D eigenvalue weighted by Gasteiger charge is -2.12. The van der Waals surface area contributed by atoms with E-state index in [1.165, 1.54) is 24.0 Å². The van der Waals surface area contributed by atoms with E-state index in [9.17, 15) is 0 Å². The van der Waals surface area contributed by atoms with Crippen molar-refractivity contribution < 1.29 is 0 Å². The van der Waals surface area contributed by atoms with Crippen LogP contribution >= 0.6 is 0 Å². The first-order valence-corrected chi connectivity index (χ1v) is 14.7. The fourth-order valence-corrected chi connectivity index (χ4v) is 5.13. The van der Waals surface area contributed by atoms with Crippen LogP contribution < -0.4 is 11.1 Å². The van der Waals surface area contributed by atoms with Crippen LogP contribution in [0.3, 0.4) is 0 Å². The van der Waals surface area contributed by atoms with Crippen LogP contribution in [0.15, 0.2) is 142 Å². The van der Waals surface area contributed by atoms with E-state index in [-0.39, 0.29) is 0 Å². The van der Waals surface area contributed by atoms with Gasteiger partial charge in [0.25, 0.3) is 0 Å². The molecular formula is C37H34N6. The number of nitrogen functional groups attached to an aromatic ring is 1. The normalized spacial score (nSPS) is 11.7. The van der Waals surface area contributed by atoms with Crippen molar-refractivity contribution in [2.24, 2.45) is 20.5 Å². The smallest absolute Gasteiger partial charge is 0.0936 e. The first-order chi connectivity index (χ1) is 21.2. The molecule has 0 unspecified atom stereocenters. The number of anilines is 2. The van der Waals surface area contributed by atoms with Gasteiger partial charge in [0.1, 0.15) is 0 Å². The Labute approximate surface area is 252 Å². The molecular weight excluding hydrogens is 528 g/mol. The molecule has 43 heavy (non-hydrogen) atoms. The number of hydrogen-bond acceptors (Lipinski definition) is 6. The highest BCUT2D eigenvalue weighted by Gasteiger charge is 2.07. The minimum absolute atomic E-state index is 0.728. The van der Waals surface area contributed by atoms with Gasteiger partial charge in [-0.1, -0.05) is 86.1 Å². The van der Waals surface area contributed by atoms with Gasteiger partial charge in [-0.15, -0.1) is 10.2 Å². The molecule has 6 aromatic carbocycles. The van der Waals surface area contributed by atoms with E-state index in [4.69, 9.17) is 5.73 Å². The number of benzene rings is 6. The van der Waals surface area contributed by atoms with Gasteiger partial charge in [0.15, 0.2) is 0 Å². The maximum absolute atomic E-state index is 6.11. The summed E-state index contributed by atoms with van der Waals surface area (Å²) >= 11 is 0. The van der Waals surface area contributed by atoms with Crippen molar-refractivity contribution in [1.82, 2.24) is 0 Å². The van der Waals surface area contributed by atoms with Crippen LogP contribution in [-0.4, -0.2) is 0 Å². The summed E-state index contributed by atoms with van der Waals surface area (Å²) in [5, 5.41) is 25.7. The maximum atomic E-state index is 6.11. The van der Waals surface area contributed by atoms with Crippen LogP contribution in [0, 0.1) is 0 Å². The number of nitrogens with one attached hydrogen (secondary N) is 1. The molecule has 0 aliphatic carbocycles. The summed E-state index contributed by atoms with van der Waals surface area (Å²) in [6.45, 7) is 2.99. The molecule has 0 saturated heterocycles. The molecule has 0 saturated carbocycles. The number of unbranched alkanes of at least 4 members (excludes halogenated alkanes) is 1. The highest BCUT2D eigenvalue weighted by Crippen LogP contribution is 2.34. The number of fused-ring (bicyclic) bond motifs is 2. The molecule has 0 fully saturated rings. The standard InChI is InChI=1S/C37H34N6/c1-2-3-8-26-13-15-27(16-14-26)25-39-35-23-24-37(33-12-7-6-11-32(33)35)43-41-29-19-17-28(18-20-29)40-42-36-22-21-34(38)30-9-4-5-10-31(30)36/h4-7,9-24,39H,2-3,8,25,38H2,1H3. The molecule has 212 valence electrons. The molecule has 0 heterocycles. The van der Waals surface area contributed by atoms with Gasteiger partial charge in [0, 0.05) is 39.5 Å². The van der Waals surface area contributed by atoms with E-state index in [0.717, 1.165) is 68.6 Å². The Morgan fingerprint density at radius 3 is 1.70 bits per heavy atom. The Morgan fingerprint density at radius 1 is 0.535 bits per heavy atom. The highest BCUT2D eigenvalue weighted by molar-refractivity contribution is 6.01. The Kier molecular flexibility index (Phi) is 8.46. The molecule has 6 aromatic rings. The van der Waals surface area contributed by atoms with Crippen molar-refractivity contribution in [3.05, 3.63) is 132 Å². The van der Waals surface area contributed by atoms with Gasteiger partial charge >= 0.3 is 0 Å². The molecule has 6 heteroatoms. The van der Waals surface area contributed by atoms with Crippen LogP contribution in [0.1, 0.15) is 30.9 Å². The van der Waals surface area contributed by atoms with E-state index in [0.29, 0.717) is 0 Å². The monoisotopic (exact) mass is 562 g/mol. The van der Waals surface area contributed by atoms with Crippen molar-refractivity contribution in [1.29, 1.82) is 0 Å². The molecule has 0 bridgehead atoms. The van der Waals surface area contributed by atoms with E-state index in [1.807, 2.05) is 72.8 Å². The average Bonchev–Trinajstić information content (AvgIpc) is 3.06. The third-order valence-electron chi connectivity index (χ3n) is 7.56. The summed E-state index contributed by atoms with van der Waals surface area (Å²) in [5.41, 5.74) is 13.7. The summed E-state index contributed by atoms with van der Waals surface area (Å²) in [6.07, 6.45) is 3.59. The minimum Gasteiger partial charge on any atom is -0.398 e. The molecule has 0 amide bonds. The van der Waals surface area contributed by atoms with Gasteiger partial charge in [-0.3, -0.25) is 0 Å². The first kappa shape index (κ1) is 27.8. The second-order valence-corrected chi connectivity index (χ2v) is 10.6. The lowest BCUT2D eigenvalue weighted by molar-refractivity contribution is 0.794. The molecule has 6 nitrogen and oxygen atoms in total. The topological polar surface area (TPSA) is 87.5 Å². The molecule has 0 atom stereocenters. The van der Waals surface area contributed by atoms with E-state index >= 15 is 0 Å². The molecule has 6 rings (SSSR count). The zero-order chi connectivity index (χ0) is 29.4. The Bertz CT molecular complexity index is 1910. The predicted molar refractivity (Wildman–Crippen MR) is 179 cm³/mol. The zero-order valence-electron chi connectivity index (χ0n) is 24.2. The first-order valence-electron chi connectivity index (χ1n) is 14.7. The van der Waals surface area contributed by atoms with Gasteiger partial charge in [-0.2, -0.15) is 10.2 Å². The third-order valence-corrected chi connectivity index (χ3v) is 7.56. The average molecular weight is 563 g/mol. The summed E-state index contributed by atoms with van der Waals surface area (Å²) < 4.78 is 0. The number of rotatable bonds is 10. The van der Waals surface area contributed by atoms with Crippen LogP contribution in [0.5, 0.6) is 0 Å². The Balaban J connectivity index is 1.15. The van der Waals surface area contributed by atoms with Crippen LogP contribution in [0.25, 0.3) is 21.5 Å². The Morgan fingerprint density at radius 2 is 1.07 bits per heavy atom. The van der Waals surface area contributed by atoms with Crippen molar-refractivity contribution in [2.75, 3.05) is 11.1 Å².